The Morgan fingerprint density at radius 3 is 2.29 bits per heavy atom. The van der Waals surface area contributed by atoms with E-state index in [1.54, 1.807) is 0 Å². The van der Waals surface area contributed by atoms with E-state index in [4.69, 9.17) is 5.73 Å². The van der Waals surface area contributed by atoms with Crippen LogP contribution in [0.4, 0.5) is 0 Å². The third-order valence-corrected chi connectivity index (χ3v) is 2.94. The third-order valence-electron chi connectivity index (χ3n) is 2.94. The summed E-state index contributed by atoms with van der Waals surface area (Å²) in [6, 6.07) is -0.519. The first-order valence-corrected chi connectivity index (χ1v) is 6.28. The van der Waals surface area contributed by atoms with Crippen LogP contribution in [0.1, 0.15) is 34.1 Å². The molecule has 0 aromatic heterocycles. The molecule has 0 rings (SSSR count). The summed E-state index contributed by atoms with van der Waals surface area (Å²) in [5, 5.41) is 2.67. The molecule has 0 spiro atoms. The van der Waals surface area contributed by atoms with E-state index in [-0.39, 0.29) is 24.3 Å². The van der Waals surface area contributed by atoms with Gasteiger partial charge in [-0.15, -0.1) is 0 Å². The summed E-state index contributed by atoms with van der Waals surface area (Å²) < 4.78 is 0. The number of nitrogens with two attached hydrogens (primary N) is 1. The quantitative estimate of drug-likeness (QED) is 0.677. The maximum atomic E-state index is 12.0. The summed E-state index contributed by atoms with van der Waals surface area (Å²) >= 11 is 0. The molecule has 0 heterocycles. The Balaban J connectivity index is 4.44. The number of rotatable bonds is 7. The largest absolute Gasteiger partial charge is 0.355 e. The van der Waals surface area contributed by atoms with Gasteiger partial charge in [-0.25, -0.2) is 0 Å². The summed E-state index contributed by atoms with van der Waals surface area (Å²) in [6.07, 6.45) is 0.853. The molecule has 0 aliphatic carbocycles. The van der Waals surface area contributed by atoms with Crippen molar-refractivity contribution < 1.29 is 9.59 Å². The summed E-state index contributed by atoms with van der Waals surface area (Å²) in [5.74, 6) is -0.155. The van der Waals surface area contributed by atoms with Crippen molar-refractivity contribution in [2.24, 2.45) is 11.7 Å². The fourth-order valence-corrected chi connectivity index (χ4v) is 1.48. The molecular formula is C12H25N3O2. The Bertz CT molecular complexity index is 256. The summed E-state index contributed by atoms with van der Waals surface area (Å²) in [6.45, 7) is 8.80. The Kier molecular flexibility index (Phi) is 7.54. The van der Waals surface area contributed by atoms with Crippen LogP contribution in [0.15, 0.2) is 0 Å². The zero-order valence-corrected chi connectivity index (χ0v) is 11.3. The Labute approximate surface area is 104 Å². The van der Waals surface area contributed by atoms with E-state index in [2.05, 4.69) is 5.32 Å². The van der Waals surface area contributed by atoms with Crippen LogP contribution in [-0.4, -0.2) is 42.4 Å². The van der Waals surface area contributed by atoms with Crippen molar-refractivity contribution in [1.82, 2.24) is 10.2 Å². The van der Waals surface area contributed by atoms with Gasteiger partial charge in [0.25, 0.3) is 0 Å². The second-order valence-electron chi connectivity index (χ2n) is 4.22. The van der Waals surface area contributed by atoms with Crippen molar-refractivity contribution in [3.8, 4) is 0 Å². The fraction of sp³-hybridized carbons (Fsp3) is 0.833. The second-order valence-corrected chi connectivity index (χ2v) is 4.22. The van der Waals surface area contributed by atoms with Gasteiger partial charge in [-0.2, -0.15) is 0 Å². The van der Waals surface area contributed by atoms with E-state index in [1.165, 1.54) is 4.90 Å². The molecule has 0 bridgehead atoms. The van der Waals surface area contributed by atoms with Gasteiger partial charge in [0.05, 0.1) is 12.6 Å². The number of amides is 2. The monoisotopic (exact) mass is 243 g/mol. The molecule has 3 N–H and O–H groups in total. The maximum Gasteiger partial charge on any atom is 0.240 e. The van der Waals surface area contributed by atoms with Gasteiger partial charge in [0, 0.05) is 13.1 Å². The van der Waals surface area contributed by atoms with Crippen LogP contribution in [0.2, 0.25) is 0 Å². The average Bonchev–Trinajstić information content (AvgIpc) is 2.33. The average molecular weight is 243 g/mol. The van der Waals surface area contributed by atoms with Crippen molar-refractivity contribution in [2.75, 3.05) is 19.6 Å². The Morgan fingerprint density at radius 1 is 1.29 bits per heavy atom. The van der Waals surface area contributed by atoms with E-state index >= 15 is 0 Å². The SMILES string of the molecule is CCNC(=O)CN(CC)C(=O)C(N)C(C)CC. The predicted octanol–water partition coefficient (Wildman–Crippen LogP) is 0.344. The van der Waals surface area contributed by atoms with Crippen molar-refractivity contribution >= 4 is 11.8 Å². The summed E-state index contributed by atoms with van der Waals surface area (Å²) in [7, 11) is 0. The lowest BCUT2D eigenvalue weighted by Crippen LogP contribution is -2.50. The smallest absolute Gasteiger partial charge is 0.240 e. The minimum absolute atomic E-state index is 0.0906. The van der Waals surface area contributed by atoms with Crippen molar-refractivity contribution in [3.63, 3.8) is 0 Å². The third kappa shape index (κ3) is 5.17. The van der Waals surface area contributed by atoms with Crippen molar-refractivity contribution in [1.29, 1.82) is 0 Å². The summed E-state index contributed by atoms with van der Waals surface area (Å²) in [5.41, 5.74) is 5.87. The minimum atomic E-state index is -0.519. The molecule has 0 aromatic rings. The van der Waals surface area contributed by atoms with Gasteiger partial charge in [0.1, 0.15) is 0 Å². The lowest BCUT2D eigenvalue weighted by Gasteiger charge is -2.26. The van der Waals surface area contributed by atoms with Gasteiger partial charge in [-0.1, -0.05) is 20.3 Å². The topological polar surface area (TPSA) is 75.4 Å². The van der Waals surface area contributed by atoms with Gasteiger partial charge < -0.3 is 16.0 Å². The first-order valence-electron chi connectivity index (χ1n) is 6.28. The van der Waals surface area contributed by atoms with Gasteiger partial charge >= 0.3 is 0 Å². The minimum Gasteiger partial charge on any atom is -0.355 e. The molecule has 0 aliphatic rings. The zero-order chi connectivity index (χ0) is 13.4. The van der Waals surface area contributed by atoms with Crippen LogP contribution < -0.4 is 11.1 Å². The first kappa shape index (κ1) is 15.9. The highest BCUT2D eigenvalue weighted by Crippen LogP contribution is 2.08. The van der Waals surface area contributed by atoms with E-state index in [0.717, 1.165) is 6.42 Å². The molecule has 0 saturated heterocycles. The van der Waals surface area contributed by atoms with Crippen molar-refractivity contribution in [2.45, 2.75) is 40.2 Å². The second kappa shape index (κ2) is 8.06. The number of likely N-dealkylation sites (N-methyl/N-ethyl adjacent to an activating group) is 2. The number of carbonyl (C=O) groups is 2. The maximum absolute atomic E-state index is 12.0. The molecule has 2 amide bonds. The van der Waals surface area contributed by atoms with Crippen LogP contribution in [0, 0.1) is 5.92 Å². The van der Waals surface area contributed by atoms with Crippen LogP contribution in [0.3, 0.4) is 0 Å². The highest BCUT2D eigenvalue weighted by atomic mass is 16.2. The van der Waals surface area contributed by atoms with Crippen LogP contribution in [0.25, 0.3) is 0 Å². The number of hydrogen-bond acceptors (Lipinski definition) is 3. The van der Waals surface area contributed by atoms with E-state index in [1.807, 2.05) is 27.7 Å². The van der Waals surface area contributed by atoms with E-state index in [9.17, 15) is 9.59 Å². The van der Waals surface area contributed by atoms with Gasteiger partial charge in [0.2, 0.25) is 11.8 Å². The molecule has 0 aromatic carbocycles. The molecule has 2 unspecified atom stereocenters. The predicted molar refractivity (Wildman–Crippen MR) is 68.4 cm³/mol. The number of hydrogen-bond donors (Lipinski definition) is 2. The lowest BCUT2D eigenvalue weighted by molar-refractivity contribution is -0.137. The summed E-state index contributed by atoms with van der Waals surface area (Å²) in [4.78, 5) is 25.0. The van der Waals surface area contributed by atoms with Crippen LogP contribution >= 0.6 is 0 Å². The van der Waals surface area contributed by atoms with Gasteiger partial charge in [-0.05, 0) is 19.8 Å². The molecule has 17 heavy (non-hydrogen) atoms. The molecule has 0 aliphatic heterocycles. The number of carbonyl (C=O) groups excluding carboxylic acids is 2. The highest BCUT2D eigenvalue weighted by molar-refractivity contribution is 5.87. The fourth-order valence-electron chi connectivity index (χ4n) is 1.48. The Morgan fingerprint density at radius 2 is 1.88 bits per heavy atom. The first-order chi connectivity index (χ1) is 7.97. The molecule has 5 nitrogen and oxygen atoms in total. The van der Waals surface area contributed by atoms with Gasteiger partial charge in [0.15, 0.2) is 0 Å². The van der Waals surface area contributed by atoms with E-state index in [0.29, 0.717) is 13.1 Å². The van der Waals surface area contributed by atoms with Crippen molar-refractivity contribution in [3.05, 3.63) is 0 Å². The molecule has 0 saturated carbocycles. The Hall–Kier alpha value is -1.10. The van der Waals surface area contributed by atoms with E-state index < -0.39 is 6.04 Å². The van der Waals surface area contributed by atoms with Crippen LogP contribution in [0.5, 0.6) is 0 Å². The molecule has 0 radical (unpaired) electrons. The zero-order valence-electron chi connectivity index (χ0n) is 11.3. The van der Waals surface area contributed by atoms with Crippen LogP contribution in [-0.2, 0) is 9.59 Å². The molecule has 0 fully saturated rings. The highest BCUT2D eigenvalue weighted by Gasteiger charge is 2.25. The lowest BCUT2D eigenvalue weighted by atomic mass is 9.99. The number of nitrogens with one attached hydrogen (secondary N) is 1. The number of nitrogens with zero attached hydrogens (tertiary/aromatic N) is 1. The normalized spacial score (nSPS) is 13.9. The van der Waals surface area contributed by atoms with Gasteiger partial charge in [-0.3, -0.25) is 9.59 Å². The molecular weight excluding hydrogens is 218 g/mol. The standard InChI is InChI=1S/C12H25N3O2/c1-5-9(4)11(13)12(17)15(7-3)8-10(16)14-6-2/h9,11H,5-8,13H2,1-4H3,(H,14,16). The molecule has 5 heteroatoms. The molecule has 2 atom stereocenters. The molecule has 100 valence electrons.